The first-order chi connectivity index (χ1) is 13.8. The molecule has 0 aliphatic carbocycles. The van der Waals surface area contributed by atoms with Crippen LogP contribution in [0.15, 0.2) is 47.4 Å². The minimum absolute atomic E-state index is 0.00777. The number of ketones is 1. The first-order valence-corrected chi connectivity index (χ1v) is 11.2. The molecule has 29 heavy (non-hydrogen) atoms. The number of piperidine rings is 1. The summed E-state index contributed by atoms with van der Waals surface area (Å²) < 4.78 is 31.8. The number of benzene rings is 2. The molecule has 1 aliphatic heterocycles. The Hall–Kier alpha value is -1.93. The lowest BCUT2D eigenvalue weighted by Crippen LogP contribution is -2.35. The van der Waals surface area contributed by atoms with Crippen molar-refractivity contribution < 1.29 is 22.7 Å². The van der Waals surface area contributed by atoms with Crippen LogP contribution in [-0.2, 0) is 14.8 Å². The van der Waals surface area contributed by atoms with Crippen LogP contribution in [0.2, 0.25) is 10.0 Å². The fourth-order valence-corrected chi connectivity index (χ4v) is 5.12. The molecule has 9 heteroatoms. The van der Waals surface area contributed by atoms with Gasteiger partial charge in [0.25, 0.3) is 0 Å². The topological polar surface area (TPSA) is 80.8 Å². The Kier molecular flexibility index (Phi) is 6.95. The first kappa shape index (κ1) is 21.8. The van der Waals surface area contributed by atoms with Gasteiger partial charge in [-0.15, -0.1) is 0 Å². The van der Waals surface area contributed by atoms with Gasteiger partial charge < -0.3 is 4.74 Å². The molecule has 0 spiro atoms. The monoisotopic (exact) mass is 455 g/mol. The Morgan fingerprint density at radius 2 is 1.52 bits per heavy atom. The lowest BCUT2D eigenvalue weighted by molar-refractivity contribution is 0.0475. The molecule has 0 aromatic heterocycles. The number of hydrogen-bond donors (Lipinski definition) is 0. The molecule has 1 aliphatic rings. The van der Waals surface area contributed by atoms with Gasteiger partial charge in [0.15, 0.2) is 12.4 Å². The van der Waals surface area contributed by atoms with E-state index in [2.05, 4.69) is 0 Å². The van der Waals surface area contributed by atoms with Crippen LogP contribution in [0.3, 0.4) is 0 Å². The number of nitrogens with zero attached hydrogens (tertiary/aromatic N) is 1. The van der Waals surface area contributed by atoms with Crippen LogP contribution in [-0.4, -0.2) is 44.2 Å². The van der Waals surface area contributed by atoms with E-state index in [-0.39, 0.29) is 26.1 Å². The summed E-state index contributed by atoms with van der Waals surface area (Å²) in [5.74, 6) is -1.28. The van der Waals surface area contributed by atoms with E-state index in [9.17, 15) is 18.0 Å². The zero-order valence-corrected chi connectivity index (χ0v) is 17.8. The molecule has 1 fully saturated rings. The van der Waals surface area contributed by atoms with Crippen molar-refractivity contribution in [2.45, 2.75) is 24.2 Å². The highest BCUT2D eigenvalue weighted by atomic mass is 35.5. The van der Waals surface area contributed by atoms with Crippen LogP contribution in [0.1, 0.15) is 40.0 Å². The largest absolute Gasteiger partial charge is 0.454 e. The molecule has 0 N–H and O–H groups in total. The van der Waals surface area contributed by atoms with Crippen molar-refractivity contribution in [2.75, 3.05) is 19.7 Å². The molecule has 2 aromatic rings. The Labute approximate surface area is 179 Å². The van der Waals surface area contributed by atoms with Gasteiger partial charge in [0.2, 0.25) is 10.0 Å². The summed E-state index contributed by atoms with van der Waals surface area (Å²) in [4.78, 5) is 24.6. The highest BCUT2D eigenvalue weighted by Gasteiger charge is 2.26. The predicted octanol–water partition coefficient (Wildman–Crippen LogP) is 4.21. The molecule has 0 bridgehead atoms. The van der Waals surface area contributed by atoms with E-state index in [1.165, 1.54) is 40.7 Å². The second-order valence-electron chi connectivity index (χ2n) is 6.59. The zero-order chi connectivity index (χ0) is 21.0. The molecule has 6 nitrogen and oxygen atoms in total. The smallest absolute Gasteiger partial charge is 0.341 e. The third-order valence-electron chi connectivity index (χ3n) is 4.63. The molecule has 3 rings (SSSR count). The number of rotatable bonds is 6. The summed E-state index contributed by atoms with van der Waals surface area (Å²) in [5.41, 5.74) is 0.229. The van der Waals surface area contributed by atoms with Gasteiger partial charge in [-0.05, 0) is 49.2 Å². The fraction of sp³-hybridized carbons (Fsp3) is 0.300. The minimum atomic E-state index is -3.57. The summed E-state index contributed by atoms with van der Waals surface area (Å²) in [6.07, 6.45) is 2.71. The van der Waals surface area contributed by atoms with E-state index >= 15 is 0 Å². The lowest BCUT2D eigenvalue weighted by Gasteiger charge is -2.25. The van der Waals surface area contributed by atoms with Crippen LogP contribution in [0.5, 0.6) is 0 Å². The van der Waals surface area contributed by atoms with Gasteiger partial charge in [0.05, 0.1) is 20.5 Å². The highest BCUT2D eigenvalue weighted by molar-refractivity contribution is 7.89. The molecule has 0 amide bonds. The van der Waals surface area contributed by atoms with Crippen LogP contribution in [0.25, 0.3) is 0 Å². The maximum atomic E-state index is 12.7. The molecule has 154 valence electrons. The average Bonchev–Trinajstić information content (AvgIpc) is 2.72. The first-order valence-electron chi connectivity index (χ1n) is 9.05. The maximum Gasteiger partial charge on any atom is 0.341 e. The van der Waals surface area contributed by atoms with Crippen molar-refractivity contribution in [3.63, 3.8) is 0 Å². The Balaban J connectivity index is 1.65. The van der Waals surface area contributed by atoms with Crippen LogP contribution in [0.4, 0.5) is 0 Å². The van der Waals surface area contributed by atoms with Gasteiger partial charge in [-0.2, -0.15) is 4.31 Å². The molecule has 0 radical (unpaired) electrons. The Morgan fingerprint density at radius 3 is 2.10 bits per heavy atom. The lowest BCUT2D eigenvalue weighted by atomic mass is 10.1. The zero-order valence-electron chi connectivity index (χ0n) is 15.4. The Morgan fingerprint density at radius 1 is 0.931 bits per heavy atom. The molecule has 1 saturated heterocycles. The maximum absolute atomic E-state index is 12.7. The minimum Gasteiger partial charge on any atom is -0.454 e. The number of Topliss-reactive ketones (excluding diaryl/α,β-unsaturated/α-hetero) is 1. The van der Waals surface area contributed by atoms with Crippen molar-refractivity contribution in [1.82, 2.24) is 4.31 Å². The molecular weight excluding hydrogens is 437 g/mol. The number of carbonyl (C=O) groups is 2. The fourth-order valence-electron chi connectivity index (χ4n) is 3.05. The standard InChI is InChI=1S/C20H19Cl2NO5S/c21-16-5-4-6-17(22)19(16)20(25)28-13-18(24)14-7-9-15(10-8-14)29(26,27)23-11-2-1-3-12-23/h4-10H,1-3,11-13H2. The summed E-state index contributed by atoms with van der Waals surface area (Å²) in [5, 5.41) is 0.254. The average molecular weight is 456 g/mol. The van der Waals surface area contributed by atoms with Gasteiger partial charge in [0, 0.05) is 18.7 Å². The van der Waals surface area contributed by atoms with E-state index in [0.717, 1.165) is 19.3 Å². The number of halogens is 2. The van der Waals surface area contributed by atoms with Crippen molar-refractivity contribution in [2.24, 2.45) is 0 Å². The number of ether oxygens (including phenoxy) is 1. The third kappa shape index (κ3) is 4.98. The SMILES string of the molecule is O=C(COC(=O)c1c(Cl)cccc1Cl)c1ccc(S(=O)(=O)N2CCCCC2)cc1. The van der Waals surface area contributed by atoms with E-state index in [4.69, 9.17) is 27.9 Å². The molecule has 0 saturated carbocycles. The van der Waals surface area contributed by atoms with E-state index in [1.54, 1.807) is 6.07 Å². The second-order valence-corrected chi connectivity index (χ2v) is 9.34. The summed E-state index contributed by atoms with van der Waals surface area (Å²) in [6.45, 7) is 0.492. The van der Waals surface area contributed by atoms with E-state index < -0.39 is 28.4 Å². The van der Waals surface area contributed by atoms with Gasteiger partial charge in [-0.3, -0.25) is 4.79 Å². The van der Waals surface area contributed by atoms with Crippen LogP contribution >= 0.6 is 23.2 Å². The summed E-state index contributed by atoms with van der Waals surface area (Å²) >= 11 is 11.9. The molecule has 0 unspecified atom stereocenters. The van der Waals surface area contributed by atoms with Crippen molar-refractivity contribution >= 4 is 45.0 Å². The van der Waals surface area contributed by atoms with Crippen molar-refractivity contribution in [3.05, 3.63) is 63.6 Å². The molecule has 0 atom stereocenters. The van der Waals surface area contributed by atoms with Gasteiger partial charge in [-0.1, -0.05) is 35.7 Å². The molecule has 2 aromatic carbocycles. The second kappa shape index (κ2) is 9.26. The molecule has 1 heterocycles. The normalized spacial score (nSPS) is 15.1. The number of esters is 1. The summed E-state index contributed by atoms with van der Waals surface area (Å²) in [6, 6.07) is 10.2. The number of hydrogen-bond acceptors (Lipinski definition) is 5. The van der Waals surface area contributed by atoms with E-state index in [1.807, 2.05) is 0 Å². The summed E-state index contributed by atoms with van der Waals surface area (Å²) in [7, 11) is -3.57. The van der Waals surface area contributed by atoms with Crippen molar-refractivity contribution in [3.8, 4) is 0 Å². The third-order valence-corrected chi connectivity index (χ3v) is 7.17. The van der Waals surface area contributed by atoms with Crippen molar-refractivity contribution in [1.29, 1.82) is 0 Å². The number of carbonyl (C=O) groups excluding carboxylic acids is 2. The highest BCUT2D eigenvalue weighted by Crippen LogP contribution is 2.25. The van der Waals surface area contributed by atoms with E-state index in [0.29, 0.717) is 13.1 Å². The van der Waals surface area contributed by atoms with Gasteiger partial charge in [-0.25, -0.2) is 13.2 Å². The quantitative estimate of drug-likeness (QED) is 0.481. The molecular formula is C20H19Cl2NO5S. The van der Waals surface area contributed by atoms with Gasteiger partial charge in [0.1, 0.15) is 0 Å². The Bertz CT molecular complexity index is 995. The predicted molar refractivity (Wildman–Crippen MR) is 110 cm³/mol. The van der Waals surface area contributed by atoms with Gasteiger partial charge >= 0.3 is 5.97 Å². The number of sulfonamides is 1. The van der Waals surface area contributed by atoms with Crippen LogP contribution in [0, 0.1) is 0 Å². The van der Waals surface area contributed by atoms with Crippen LogP contribution < -0.4 is 0 Å².